The molecule has 5 nitrogen and oxygen atoms in total. The van der Waals surface area contributed by atoms with Gasteiger partial charge < -0.3 is 10.6 Å². The highest BCUT2D eigenvalue weighted by atomic mass is 32.1. The standard InChI is InChI=1S/C6H11N5S/c1-2-7-6(12)8-3-5-4-9-11-10-5/h4H,2-3H2,1H3,(H2,7,8,12)(H,9,10,11). The van der Waals surface area contributed by atoms with Crippen LogP contribution in [-0.2, 0) is 6.54 Å². The van der Waals surface area contributed by atoms with E-state index < -0.39 is 0 Å². The first-order valence-corrected chi connectivity index (χ1v) is 4.10. The van der Waals surface area contributed by atoms with Crippen molar-refractivity contribution in [2.45, 2.75) is 13.5 Å². The Hall–Kier alpha value is -1.17. The zero-order valence-corrected chi connectivity index (χ0v) is 7.61. The van der Waals surface area contributed by atoms with Crippen molar-refractivity contribution in [2.75, 3.05) is 6.54 Å². The zero-order valence-electron chi connectivity index (χ0n) is 6.79. The number of H-pyrrole nitrogens is 1. The molecule has 1 aromatic heterocycles. The van der Waals surface area contributed by atoms with E-state index in [9.17, 15) is 0 Å². The molecule has 0 radical (unpaired) electrons. The van der Waals surface area contributed by atoms with Crippen LogP contribution < -0.4 is 10.6 Å². The second-order valence-electron chi connectivity index (χ2n) is 2.17. The molecule has 0 spiro atoms. The molecule has 1 heterocycles. The van der Waals surface area contributed by atoms with Gasteiger partial charge in [-0.15, -0.1) is 0 Å². The molecule has 0 saturated carbocycles. The lowest BCUT2D eigenvalue weighted by molar-refractivity contribution is 0.818. The molecule has 0 amide bonds. The lowest BCUT2D eigenvalue weighted by Gasteiger charge is -2.05. The van der Waals surface area contributed by atoms with Gasteiger partial charge in [0.1, 0.15) is 5.69 Å². The summed E-state index contributed by atoms with van der Waals surface area (Å²) in [5.74, 6) is 0. The van der Waals surface area contributed by atoms with Gasteiger partial charge in [0.15, 0.2) is 5.11 Å². The van der Waals surface area contributed by atoms with E-state index in [0.717, 1.165) is 12.2 Å². The van der Waals surface area contributed by atoms with E-state index in [0.29, 0.717) is 11.7 Å². The highest BCUT2D eigenvalue weighted by molar-refractivity contribution is 7.80. The van der Waals surface area contributed by atoms with Gasteiger partial charge in [0.05, 0.1) is 12.7 Å². The minimum Gasteiger partial charge on any atom is -0.363 e. The highest BCUT2D eigenvalue weighted by Crippen LogP contribution is 1.85. The van der Waals surface area contributed by atoms with Crippen LogP contribution in [0.4, 0.5) is 0 Å². The summed E-state index contributed by atoms with van der Waals surface area (Å²) in [5, 5.41) is 16.6. The van der Waals surface area contributed by atoms with Crippen LogP contribution in [0.5, 0.6) is 0 Å². The Bertz CT molecular complexity index is 232. The van der Waals surface area contributed by atoms with E-state index in [2.05, 4.69) is 26.0 Å². The van der Waals surface area contributed by atoms with Crippen molar-refractivity contribution in [3.63, 3.8) is 0 Å². The average Bonchev–Trinajstić information content (AvgIpc) is 2.53. The van der Waals surface area contributed by atoms with Crippen molar-refractivity contribution in [3.05, 3.63) is 11.9 Å². The van der Waals surface area contributed by atoms with Gasteiger partial charge in [-0.25, -0.2) is 0 Å². The molecule has 0 aromatic carbocycles. The number of hydrogen-bond acceptors (Lipinski definition) is 3. The van der Waals surface area contributed by atoms with Crippen molar-refractivity contribution >= 4 is 17.3 Å². The average molecular weight is 185 g/mol. The van der Waals surface area contributed by atoms with Crippen LogP contribution in [0.15, 0.2) is 6.20 Å². The van der Waals surface area contributed by atoms with E-state index in [1.165, 1.54) is 0 Å². The maximum atomic E-state index is 4.95. The monoisotopic (exact) mass is 185 g/mol. The first-order valence-electron chi connectivity index (χ1n) is 3.69. The lowest BCUT2D eigenvalue weighted by atomic mass is 10.5. The van der Waals surface area contributed by atoms with E-state index in [4.69, 9.17) is 12.2 Å². The number of thiocarbonyl (C=S) groups is 1. The molecule has 0 aliphatic rings. The van der Waals surface area contributed by atoms with Gasteiger partial charge in [-0.05, 0) is 19.1 Å². The highest BCUT2D eigenvalue weighted by Gasteiger charge is 1.96. The summed E-state index contributed by atoms with van der Waals surface area (Å²) in [4.78, 5) is 0. The third kappa shape index (κ3) is 2.83. The number of hydrogen-bond donors (Lipinski definition) is 3. The first-order chi connectivity index (χ1) is 5.83. The fourth-order valence-corrected chi connectivity index (χ4v) is 0.921. The third-order valence-electron chi connectivity index (χ3n) is 1.23. The fraction of sp³-hybridized carbons (Fsp3) is 0.500. The van der Waals surface area contributed by atoms with Crippen molar-refractivity contribution in [1.29, 1.82) is 0 Å². The van der Waals surface area contributed by atoms with E-state index >= 15 is 0 Å². The van der Waals surface area contributed by atoms with Crippen molar-refractivity contribution in [1.82, 2.24) is 26.0 Å². The summed E-state index contributed by atoms with van der Waals surface area (Å²) in [6.07, 6.45) is 1.65. The summed E-state index contributed by atoms with van der Waals surface area (Å²) in [7, 11) is 0. The van der Waals surface area contributed by atoms with E-state index in [1.54, 1.807) is 6.20 Å². The summed E-state index contributed by atoms with van der Waals surface area (Å²) in [6, 6.07) is 0. The largest absolute Gasteiger partial charge is 0.363 e. The van der Waals surface area contributed by atoms with E-state index in [-0.39, 0.29) is 0 Å². The Kier molecular flexibility index (Phi) is 3.46. The molecule has 6 heteroatoms. The minimum atomic E-state index is 0.600. The zero-order chi connectivity index (χ0) is 8.81. The molecule has 0 fully saturated rings. The third-order valence-corrected chi connectivity index (χ3v) is 1.52. The fourth-order valence-electron chi connectivity index (χ4n) is 0.704. The Morgan fingerprint density at radius 1 is 1.67 bits per heavy atom. The van der Waals surface area contributed by atoms with Crippen molar-refractivity contribution in [3.8, 4) is 0 Å². The quantitative estimate of drug-likeness (QED) is 0.569. The summed E-state index contributed by atoms with van der Waals surface area (Å²) < 4.78 is 0. The van der Waals surface area contributed by atoms with Crippen LogP contribution >= 0.6 is 12.2 Å². The van der Waals surface area contributed by atoms with Crippen LogP contribution in [0.25, 0.3) is 0 Å². The molecule has 0 atom stereocenters. The lowest BCUT2D eigenvalue weighted by Crippen LogP contribution is -2.34. The molecule has 1 rings (SSSR count). The van der Waals surface area contributed by atoms with Gasteiger partial charge in [-0.2, -0.15) is 15.4 Å². The molecule has 0 saturated heterocycles. The second-order valence-corrected chi connectivity index (χ2v) is 2.58. The van der Waals surface area contributed by atoms with Gasteiger partial charge >= 0.3 is 0 Å². The Morgan fingerprint density at radius 3 is 3.08 bits per heavy atom. The summed E-state index contributed by atoms with van der Waals surface area (Å²) in [5.41, 5.74) is 0.843. The molecule has 12 heavy (non-hydrogen) atoms. The number of aromatic nitrogens is 3. The molecule has 0 bridgehead atoms. The second kappa shape index (κ2) is 4.66. The van der Waals surface area contributed by atoms with Gasteiger partial charge in [-0.1, -0.05) is 0 Å². The number of nitrogens with one attached hydrogen (secondary N) is 3. The number of rotatable bonds is 3. The summed E-state index contributed by atoms with van der Waals surface area (Å²) in [6.45, 7) is 3.41. The molecular weight excluding hydrogens is 174 g/mol. The molecule has 0 aliphatic heterocycles. The maximum Gasteiger partial charge on any atom is 0.166 e. The van der Waals surface area contributed by atoms with Crippen LogP contribution in [-0.4, -0.2) is 27.1 Å². The van der Waals surface area contributed by atoms with Crippen LogP contribution in [0.1, 0.15) is 12.6 Å². The topological polar surface area (TPSA) is 65.6 Å². The number of nitrogens with zero attached hydrogens (tertiary/aromatic N) is 2. The molecule has 66 valence electrons. The Morgan fingerprint density at radius 2 is 2.50 bits per heavy atom. The van der Waals surface area contributed by atoms with Gasteiger partial charge in [0.2, 0.25) is 0 Å². The normalized spacial score (nSPS) is 9.42. The van der Waals surface area contributed by atoms with Crippen molar-refractivity contribution in [2.24, 2.45) is 0 Å². The predicted molar refractivity (Wildman–Crippen MR) is 49.5 cm³/mol. The van der Waals surface area contributed by atoms with Crippen LogP contribution in [0.2, 0.25) is 0 Å². The Labute approximate surface area is 75.9 Å². The molecule has 1 aromatic rings. The van der Waals surface area contributed by atoms with Gasteiger partial charge in [0, 0.05) is 6.54 Å². The maximum absolute atomic E-state index is 4.95. The SMILES string of the molecule is CCNC(=S)NCc1cn[nH]n1. The predicted octanol–water partition coefficient (Wildman–Crippen LogP) is -0.211. The van der Waals surface area contributed by atoms with E-state index in [1.807, 2.05) is 6.92 Å². The number of aromatic amines is 1. The first kappa shape index (κ1) is 8.92. The minimum absolute atomic E-state index is 0.600. The molecule has 0 aliphatic carbocycles. The molecule has 3 N–H and O–H groups in total. The molecule has 0 unspecified atom stereocenters. The van der Waals surface area contributed by atoms with Crippen molar-refractivity contribution < 1.29 is 0 Å². The van der Waals surface area contributed by atoms with Crippen LogP contribution in [0, 0.1) is 0 Å². The smallest absolute Gasteiger partial charge is 0.166 e. The summed E-state index contributed by atoms with van der Waals surface area (Å²) >= 11 is 4.95. The van der Waals surface area contributed by atoms with Gasteiger partial charge in [-0.3, -0.25) is 0 Å². The van der Waals surface area contributed by atoms with Crippen LogP contribution in [0.3, 0.4) is 0 Å². The Balaban J connectivity index is 2.22. The van der Waals surface area contributed by atoms with Gasteiger partial charge in [0.25, 0.3) is 0 Å². The molecular formula is C6H11N5S.